The highest BCUT2D eigenvalue weighted by Gasteiger charge is 2.17. The number of aliphatic hydroxyl groups is 1. The molecule has 128 valence electrons. The minimum absolute atomic E-state index is 0.0708. The average Bonchev–Trinajstić information content (AvgIpc) is 3.06. The number of nitrogens with zero attached hydrogens (tertiary/aromatic N) is 1. The molecule has 0 aliphatic carbocycles. The largest absolute Gasteiger partial charge is 0.393 e. The van der Waals surface area contributed by atoms with Crippen molar-refractivity contribution in [3.63, 3.8) is 0 Å². The fraction of sp³-hybridized carbons (Fsp3) is 0.333. The number of thiazole rings is 1. The molecule has 0 saturated carbocycles. The van der Waals surface area contributed by atoms with Gasteiger partial charge in [-0.15, -0.1) is 6.58 Å². The molecule has 2 rings (SSSR count). The quantitative estimate of drug-likeness (QED) is 0.611. The van der Waals surface area contributed by atoms with Gasteiger partial charge < -0.3 is 15.7 Å². The van der Waals surface area contributed by atoms with E-state index in [2.05, 4.69) is 22.2 Å². The van der Waals surface area contributed by atoms with Crippen molar-refractivity contribution >= 4 is 22.4 Å². The third kappa shape index (κ3) is 5.47. The molecule has 1 amide bonds. The third-order valence-corrected chi connectivity index (χ3v) is 4.49. The highest BCUT2D eigenvalue weighted by Crippen LogP contribution is 2.22. The van der Waals surface area contributed by atoms with E-state index in [0.29, 0.717) is 29.5 Å². The van der Waals surface area contributed by atoms with E-state index < -0.39 is 6.10 Å². The summed E-state index contributed by atoms with van der Waals surface area (Å²) in [7, 11) is 0. The second-order valence-electron chi connectivity index (χ2n) is 5.60. The van der Waals surface area contributed by atoms with E-state index in [4.69, 9.17) is 0 Å². The summed E-state index contributed by atoms with van der Waals surface area (Å²) in [5, 5.41) is 16.4. The van der Waals surface area contributed by atoms with E-state index in [1.165, 1.54) is 11.3 Å². The molecule has 2 aromatic rings. The molecule has 0 radical (unpaired) electrons. The van der Waals surface area contributed by atoms with Crippen molar-refractivity contribution in [1.82, 2.24) is 10.3 Å². The maximum Gasteiger partial charge on any atom is 0.263 e. The first kappa shape index (κ1) is 18.2. The van der Waals surface area contributed by atoms with Gasteiger partial charge in [-0.05, 0) is 18.9 Å². The van der Waals surface area contributed by atoms with Crippen LogP contribution in [-0.2, 0) is 0 Å². The van der Waals surface area contributed by atoms with Crippen LogP contribution in [0.2, 0.25) is 0 Å². The number of aliphatic hydroxyl groups excluding tert-OH is 1. The molecule has 5 nitrogen and oxygen atoms in total. The monoisotopic (exact) mass is 345 g/mol. The van der Waals surface area contributed by atoms with Crippen LogP contribution in [0.5, 0.6) is 0 Å². The Kier molecular flexibility index (Phi) is 6.96. The van der Waals surface area contributed by atoms with Crippen molar-refractivity contribution in [2.24, 2.45) is 0 Å². The van der Waals surface area contributed by atoms with E-state index in [1.807, 2.05) is 30.3 Å². The van der Waals surface area contributed by atoms with E-state index in [1.54, 1.807) is 19.2 Å². The van der Waals surface area contributed by atoms with Crippen molar-refractivity contribution in [2.45, 2.75) is 25.4 Å². The number of hydrogen-bond acceptors (Lipinski definition) is 5. The van der Waals surface area contributed by atoms with E-state index >= 15 is 0 Å². The SMILES string of the molecule is C=CCNc1ncc(C(=O)NCC(CC(C)O)c2ccccc2)s1. The molecule has 0 spiro atoms. The minimum Gasteiger partial charge on any atom is -0.393 e. The molecule has 0 saturated heterocycles. The van der Waals surface area contributed by atoms with Crippen molar-refractivity contribution in [2.75, 3.05) is 18.4 Å². The molecule has 0 aliphatic heterocycles. The first-order valence-electron chi connectivity index (χ1n) is 7.92. The van der Waals surface area contributed by atoms with Crippen LogP contribution in [0.4, 0.5) is 5.13 Å². The summed E-state index contributed by atoms with van der Waals surface area (Å²) in [6.45, 7) is 6.48. The lowest BCUT2D eigenvalue weighted by molar-refractivity contribution is 0.0949. The number of hydrogen-bond donors (Lipinski definition) is 3. The Bertz CT molecular complexity index is 655. The number of aromatic nitrogens is 1. The van der Waals surface area contributed by atoms with Gasteiger partial charge in [-0.1, -0.05) is 47.7 Å². The molecule has 0 aliphatic rings. The summed E-state index contributed by atoms with van der Waals surface area (Å²) in [4.78, 5) is 17.0. The zero-order valence-electron chi connectivity index (χ0n) is 13.7. The Morgan fingerprint density at radius 3 is 2.83 bits per heavy atom. The summed E-state index contributed by atoms with van der Waals surface area (Å²) in [5.74, 6) is -0.0768. The van der Waals surface area contributed by atoms with Crippen molar-refractivity contribution in [1.29, 1.82) is 0 Å². The first-order chi connectivity index (χ1) is 11.6. The van der Waals surface area contributed by atoms with Gasteiger partial charge in [0.1, 0.15) is 4.88 Å². The van der Waals surface area contributed by atoms with Gasteiger partial charge in [0.15, 0.2) is 5.13 Å². The number of nitrogens with one attached hydrogen (secondary N) is 2. The van der Waals surface area contributed by atoms with Crippen LogP contribution in [0, 0.1) is 0 Å². The maximum atomic E-state index is 12.3. The van der Waals surface area contributed by atoms with Crippen LogP contribution in [0.1, 0.15) is 34.5 Å². The molecule has 1 heterocycles. The van der Waals surface area contributed by atoms with Crippen LogP contribution in [0.15, 0.2) is 49.2 Å². The maximum absolute atomic E-state index is 12.3. The fourth-order valence-corrected chi connectivity index (χ4v) is 3.14. The topological polar surface area (TPSA) is 74.2 Å². The van der Waals surface area contributed by atoms with Gasteiger partial charge >= 0.3 is 0 Å². The average molecular weight is 345 g/mol. The van der Waals surface area contributed by atoms with Gasteiger partial charge in [0.05, 0.1) is 12.3 Å². The zero-order chi connectivity index (χ0) is 17.4. The number of anilines is 1. The Balaban J connectivity index is 1.96. The smallest absolute Gasteiger partial charge is 0.263 e. The highest BCUT2D eigenvalue weighted by atomic mass is 32.1. The molecule has 0 bridgehead atoms. The van der Waals surface area contributed by atoms with Gasteiger partial charge in [-0.2, -0.15) is 0 Å². The van der Waals surface area contributed by atoms with Gasteiger partial charge in [0, 0.05) is 19.0 Å². The Labute approximate surface area is 146 Å². The summed E-state index contributed by atoms with van der Waals surface area (Å²) in [6.07, 6.45) is 3.48. The Morgan fingerprint density at radius 1 is 1.42 bits per heavy atom. The van der Waals surface area contributed by atoms with Crippen LogP contribution in [0.25, 0.3) is 0 Å². The first-order valence-corrected chi connectivity index (χ1v) is 8.73. The summed E-state index contributed by atoms with van der Waals surface area (Å²) < 4.78 is 0. The molecule has 6 heteroatoms. The predicted octanol–water partition coefficient (Wildman–Crippen LogP) is 3.03. The van der Waals surface area contributed by atoms with Gasteiger partial charge in [0.25, 0.3) is 5.91 Å². The van der Waals surface area contributed by atoms with Crippen LogP contribution in [-0.4, -0.2) is 35.2 Å². The second-order valence-corrected chi connectivity index (χ2v) is 6.63. The minimum atomic E-state index is -0.426. The van der Waals surface area contributed by atoms with E-state index in [9.17, 15) is 9.90 Å². The lowest BCUT2D eigenvalue weighted by Crippen LogP contribution is -2.29. The van der Waals surface area contributed by atoms with Gasteiger partial charge in [0.2, 0.25) is 0 Å². The highest BCUT2D eigenvalue weighted by molar-refractivity contribution is 7.17. The van der Waals surface area contributed by atoms with Crippen molar-refractivity contribution in [3.8, 4) is 0 Å². The molecule has 1 aromatic heterocycles. The lowest BCUT2D eigenvalue weighted by Gasteiger charge is -2.19. The fourth-order valence-electron chi connectivity index (χ4n) is 2.40. The molecule has 24 heavy (non-hydrogen) atoms. The molecule has 1 aromatic carbocycles. The molecule has 2 atom stereocenters. The molecule has 2 unspecified atom stereocenters. The summed E-state index contributed by atoms with van der Waals surface area (Å²) >= 11 is 1.31. The number of carbonyl (C=O) groups is 1. The van der Waals surface area contributed by atoms with Crippen LogP contribution >= 0.6 is 11.3 Å². The molecule has 3 N–H and O–H groups in total. The second kappa shape index (κ2) is 9.20. The molecule has 0 fully saturated rings. The van der Waals surface area contributed by atoms with E-state index in [0.717, 1.165) is 5.56 Å². The van der Waals surface area contributed by atoms with Gasteiger partial charge in [-0.3, -0.25) is 4.79 Å². The summed E-state index contributed by atoms with van der Waals surface area (Å²) in [6, 6.07) is 9.92. The number of rotatable bonds is 9. The standard InChI is InChI=1S/C18H23N3O2S/c1-3-9-19-18-21-12-16(24-18)17(23)20-11-15(10-13(2)22)14-7-5-4-6-8-14/h3-8,12-13,15,22H,1,9-11H2,2H3,(H,19,21)(H,20,23). The van der Waals surface area contributed by atoms with Crippen LogP contribution < -0.4 is 10.6 Å². The van der Waals surface area contributed by atoms with Gasteiger partial charge in [-0.25, -0.2) is 4.98 Å². The third-order valence-electron chi connectivity index (χ3n) is 3.53. The van der Waals surface area contributed by atoms with Crippen molar-refractivity contribution in [3.05, 3.63) is 59.6 Å². The number of benzene rings is 1. The predicted molar refractivity (Wildman–Crippen MR) is 98.6 cm³/mol. The normalized spacial score (nSPS) is 13.1. The lowest BCUT2D eigenvalue weighted by atomic mass is 9.93. The number of amides is 1. The Morgan fingerprint density at radius 2 is 2.17 bits per heavy atom. The zero-order valence-corrected chi connectivity index (χ0v) is 14.6. The Hall–Kier alpha value is -2.18. The number of carbonyl (C=O) groups excluding carboxylic acids is 1. The molecular weight excluding hydrogens is 322 g/mol. The summed E-state index contributed by atoms with van der Waals surface area (Å²) in [5.41, 5.74) is 1.11. The van der Waals surface area contributed by atoms with Crippen molar-refractivity contribution < 1.29 is 9.90 Å². The van der Waals surface area contributed by atoms with Crippen LogP contribution in [0.3, 0.4) is 0 Å². The molecular formula is C18H23N3O2S. The van der Waals surface area contributed by atoms with E-state index in [-0.39, 0.29) is 11.8 Å².